The van der Waals surface area contributed by atoms with Crippen molar-refractivity contribution in [2.45, 2.75) is 5.50 Å². The Morgan fingerprint density at radius 1 is 1.70 bits per heavy atom. The van der Waals surface area contributed by atoms with E-state index < -0.39 is 0 Å². The van der Waals surface area contributed by atoms with Gasteiger partial charge in [-0.05, 0) is 0 Å². The predicted octanol–water partition coefficient (Wildman–Crippen LogP) is 0.421. The van der Waals surface area contributed by atoms with Crippen molar-refractivity contribution in [2.75, 3.05) is 12.3 Å². The first kappa shape index (κ1) is 6.24. The lowest BCUT2D eigenvalue weighted by Crippen LogP contribution is -2.35. The molecule has 0 aromatic rings. The molecular formula is C6H9N3S. The van der Waals surface area contributed by atoms with Crippen LogP contribution in [0.25, 0.3) is 0 Å². The molecule has 2 heterocycles. The second-order valence-electron chi connectivity index (χ2n) is 2.18. The summed E-state index contributed by atoms with van der Waals surface area (Å²) in [7, 11) is 0. The number of aliphatic imine (C=N–C) groups is 1. The van der Waals surface area contributed by atoms with E-state index >= 15 is 0 Å². The highest BCUT2D eigenvalue weighted by molar-refractivity contribution is 8.00. The molecule has 1 N–H and O–H groups in total. The van der Waals surface area contributed by atoms with Crippen molar-refractivity contribution in [3.8, 4) is 0 Å². The van der Waals surface area contributed by atoms with Gasteiger partial charge in [0.15, 0.2) is 5.50 Å². The first-order valence-corrected chi connectivity index (χ1v) is 4.33. The number of hydrogen-bond acceptors (Lipinski definition) is 4. The Labute approximate surface area is 64.2 Å². The Kier molecular flexibility index (Phi) is 1.65. The molecule has 0 amide bonds. The van der Waals surface area contributed by atoms with Gasteiger partial charge in [0.1, 0.15) is 0 Å². The molecule has 0 fully saturated rings. The standard InChI is InChI=1S/C6H9N3S/c1-2-8-9(4-1)6-7-3-5-10-6/h1-3,6,8H,4-5H2. The molecule has 0 aromatic heterocycles. The number of nitrogens with zero attached hydrogens (tertiary/aromatic N) is 2. The molecule has 2 aliphatic heterocycles. The number of nitrogens with one attached hydrogen (secondary N) is 1. The van der Waals surface area contributed by atoms with Crippen LogP contribution in [0.1, 0.15) is 0 Å². The Hall–Kier alpha value is -0.480. The zero-order chi connectivity index (χ0) is 6.81. The average molecular weight is 155 g/mol. The van der Waals surface area contributed by atoms with Crippen LogP contribution in [0.4, 0.5) is 0 Å². The van der Waals surface area contributed by atoms with Crippen LogP contribution >= 0.6 is 11.8 Å². The van der Waals surface area contributed by atoms with Gasteiger partial charge in [-0.3, -0.25) is 4.99 Å². The SMILES string of the molecule is C1=CNN(C2N=CCS2)C1. The van der Waals surface area contributed by atoms with Gasteiger partial charge >= 0.3 is 0 Å². The molecule has 2 rings (SSSR count). The third kappa shape index (κ3) is 1.04. The highest BCUT2D eigenvalue weighted by Crippen LogP contribution is 2.20. The molecule has 1 unspecified atom stereocenters. The predicted molar refractivity (Wildman–Crippen MR) is 43.7 cm³/mol. The molecule has 54 valence electrons. The van der Waals surface area contributed by atoms with Gasteiger partial charge in [-0.2, -0.15) is 5.01 Å². The van der Waals surface area contributed by atoms with E-state index in [0.29, 0.717) is 5.50 Å². The van der Waals surface area contributed by atoms with Crippen LogP contribution in [0.3, 0.4) is 0 Å². The van der Waals surface area contributed by atoms with E-state index in [2.05, 4.69) is 21.5 Å². The summed E-state index contributed by atoms with van der Waals surface area (Å²) in [5, 5.41) is 2.11. The quantitative estimate of drug-likeness (QED) is 0.595. The highest BCUT2D eigenvalue weighted by atomic mass is 32.2. The fraction of sp³-hybridized carbons (Fsp3) is 0.500. The van der Waals surface area contributed by atoms with Gasteiger partial charge in [0.2, 0.25) is 0 Å². The zero-order valence-electron chi connectivity index (χ0n) is 5.53. The lowest BCUT2D eigenvalue weighted by molar-refractivity contribution is 0.255. The van der Waals surface area contributed by atoms with E-state index in [1.807, 2.05) is 24.2 Å². The van der Waals surface area contributed by atoms with Gasteiger partial charge in [-0.25, -0.2) is 0 Å². The summed E-state index contributed by atoms with van der Waals surface area (Å²) in [6.07, 6.45) is 6.01. The summed E-state index contributed by atoms with van der Waals surface area (Å²) >= 11 is 1.84. The minimum absolute atomic E-state index is 0.301. The van der Waals surface area contributed by atoms with Gasteiger partial charge in [-0.1, -0.05) is 6.08 Å². The first-order chi connectivity index (χ1) is 4.97. The van der Waals surface area contributed by atoms with Crippen molar-refractivity contribution < 1.29 is 0 Å². The van der Waals surface area contributed by atoms with Gasteiger partial charge in [-0.15, -0.1) is 11.8 Å². The summed E-state index contributed by atoms with van der Waals surface area (Å²) in [4.78, 5) is 4.28. The van der Waals surface area contributed by atoms with Crippen molar-refractivity contribution in [2.24, 2.45) is 4.99 Å². The zero-order valence-corrected chi connectivity index (χ0v) is 6.34. The summed E-state index contributed by atoms with van der Waals surface area (Å²) in [5.41, 5.74) is 3.42. The molecule has 3 nitrogen and oxygen atoms in total. The largest absolute Gasteiger partial charge is 0.323 e. The maximum absolute atomic E-state index is 4.28. The Balaban J connectivity index is 1.93. The van der Waals surface area contributed by atoms with Crippen LogP contribution in [0.15, 0.2) is 17.3 Å². The number of hydrogen-bond donors (Lipinski definition) is 1. The summed E-state index contributed by atoms with van der Waals surface area (Å²) in [6.45, 7) is 0.967. The second-order valence-corrected chi connectivity index (χ2v) is 3.26. The highest BCUT2D eigenvalue weighted by Gasteiger charge is 2.19. The van der Waals surface area contributed by atoms with E-state index in [1.54, 1.807) is 0 Å². The van der Waals surface area contributed by atoms with Crippen LogP contribution in [0.5, 0.6) is 0 Å². The van der Waals surface area contributed by atoms with E-state index in [0.717, 1.165) is 12.3 Å². The Morgan fingerprint density at radius 2 is 2.70 bits per heavy atom. The molecule has 0 saturated heterocycles. The lowest BCUT2D eigenvalue weighted by atomic mass is 10.6. The van der Waals surface area contributed by atoms with E-state index in [4.69, 9.17) is 0 Å². The van der Waals surface area contributed by atoms with Crippen LogP contribution in [-0.2, 0) is 0 Å². The van der Waals surface area contributed by atoms with Crippen LogP contribution in [-0.4, -0.2) is 29.0 Å². The summed E-state index contributed by atoms with van der Waals surface area (Å²) in [5.74, 6) is 1.04. The van der Waals surface area contributed by atoms with Gasteiger partial charge < -0.3 is 5.43 Å². The van der Waals surface area contributed by atoms with Crippen molar-refractivity contribution in [1.29, 1.82) is 0 Å². The van der Waals surface area contributed by atoms with Gasteiger partial charge in [0.05, 0.1) is 0 Å². The fourth-order valence-electron chi connectivity index (χ4n) is 0.997. The summed E-state index contributed by atoms with van der Waals surface area (Å²) in [6, 6.07) is 0. The molecule has 0 saturated carbocycles. The van der Waals surface area contributed by atoms with Crippen LogP contribution < -0.4 is 5.43 Å². The molecule has 0 aromatic carbocycles. The maximum atomic E-state index is 4.28. The number of rotatable bonds is 1. The minimum Gasteiger partial charge on any atom is -0.323 e. The third-order valence-corrected chi connectivity index (χ3v) is 2.50. The van der Waals surface area contributed by atoms with E-state index in [-0.39, 0.29) is 0 Å². The minimum atomic E-state index is 0.301. The molecule has 0 spiro atoms. The molecule has 0 aliphatic carbocycles. The van der Waals surface area contributed by atoms with Crippen molar-refractivity contribution in [3.05, 3.63) is 12.3 Å². The molecule has 0 bridgehead atoms. The monoisotopic (exact) mass is 155 g/mol. The maximum Gasteiger partial charge on any atom is 0.165 e. The topological polar surface area (TPSA) is 27.6 Å². The smallest absolute Gasteiger partial charge is 0.165 e. The number of hydrazine groups is 1. The number of thioether (sulfide) groups is 1. The van der Waals surface area contributed by atoms with Crippen LogP contribution in [0, 0.1) is 0 Å². The normalized spacial score (nSPS) is 31.4. The average Bonchev–Trinajstić information content (AvgIpc) is 2.59. The van der Waals surface area contributed by atoms with Gasteiger partial charge in [0, 0.05) is 24.7 Å². The lowest BCUT2D eigenvalue weighted by Gasteiger charge is -2.19. The second kappa shape index (κ2) is 2.64. The molecule has 1 atom stereocenters. The first-order valence-electron chi connectivity index (χ1n) is 3.28. The van der Waals surface area contributed by atoms with E-state index in [1.165, 1.54) is 0 Å². The molecule has 2 aliphatic rings. The van der Waals surface area contributed by atoms with Gasteiger partial charge in [0.25, 0.3) is 0 Å². The Bertz CT molecular complexity index is 170. The molecule has 0 radical (unpaired) electrons. The van der Waals surface area contributed by atoms with Crippen molar-refractivity contribution in [3.63, 3.8) is 0 Å². The molecule has 4 heteroatoms. The molecular weight excluding hydrogens is 146 g/mol. The van der Waals surface area contributed by atoms with Crippen molar-refractivity contribution in [1.82, 2.24) is 10.4 Å². The van der Waals surface area contributed by atoms with E-state index in [9.17, 15) is 0 Å². The Morgan fingerprint density at radius 3 is 3.30 bits per heavy atom. The van der Waals surface area contributed by atoms with Crippen LogP contribution in [0.2, 0.25) is 0 Å². The van der Waals surface area contributed by atoms with Crippen molar-refractivity contribution >= 4 is 18.0 Å². The molecule has 10 heavy (non-hydrogen) atoms. The summed E-state index contributed by atoms with van der Waals surface area (Å²) < 4.78 is 0. The third-order valence-electron chi connectivity index (χ3n) is 1.48. The fourth-order valence-corrected chi connectivity index (χ4v) is 1.84.